The highest BCUT2D eigenvalue weighted by molar-refractivity contribution is 6.31. The van der Waals surface area contributed by atoms with Crippen LogP contribution in [0.15, 0.2) is 79.1 Å². The van der Waals surface area contributed by atoms with Crippen molar-refractivity contribution >= 4 is 40.2 Å². The second-order valence-electron chi connectivity index (χ2n) is 9.31. The van der Waals surface area contributed by atoms with E-state index in [1.165, 1.54) is 0 Å². The normalized spacial score (nSPS) is 14.8. The molecule has 0 fully saturated rings. The summed E-state index contributed by atoms with van der Waals surface area (Å²) in [5, 5.41) is 10.1. The minimum atomic E-state index is -0.432. The number of ether oxygens (including phenoxy) is 2. The Morgan fingerprint density at radius 1 is 1.00 bits per heavy atom. The lowest BCUT2D eigenvalue weighted by atomic mass is 9.92. The predicted molar refractivity (Wildman–Crippen MR) is 150 cm³/mol. The first-order chi connectivity index (χ1) is 19.0. The van der Waals surface area contributed by atoms with Gasteiger partial charge in [-0.05, 0) is 72.1 Å². The number of nitrogens with zero attached hydrogens (tertiary/aromatic N) is 4. The first kappa shape index (κ1) is 25.3. The largest absolute Gasteiger partial charge is 0.494 e. The molecule has 0 unspecified atom stereocenters. The Kier molecular flexibility index (Phi) is 7.13. The van der Waals surface area contributed by atoms with E-state index in [1.54, 1.807) is 40.0 Å². The number of amides is 1. The first-order valence-electron chi connectivity index (χ1n) is 12.7. The van der Waals surface area contributed by atoms with Crippen molar-refractivity contribution in [3.63, 3.8) is 0 Å². The molecular formula is C29H25Cl2N5O3. The van der Waals surface area contributed by atoms with Crippen LogP contribution in [-0.4, -0.2) is 44.1 Å². The number of hydrogen-bond acceptors (Lipinski definition) is 5. The van der Waals surface area contributed by atoms with Gasteiger partial charge in [0.05, 0.1) is 12.8 Å². The van der Waals surface area contributed by atoms with Crippen LogP contribution in [0.4, 0.5) is 4.79 Å². The van der Waals surface area contributed by atoms with Gasteiger partial charge in [-0.15, -0.1) is 5.10 Å². The average Bonchev–Trinajstić information content (AvgIpc) is 3.60. The molecule has 10 heteroatoms. The van der Waals surface area contributed by atoms with Crippen LogP contribution >= 0.6 is 23.2 Å². The molecular weight excluding hydrogens is 537 g/mol. The summed E-state index contributed by atoms with van der Waals surface area (Å²) >= 11 is 12.3. The number of fused-ring (bicyclic) bond motifs is 3. The third-order valence-electron chi connectivity index (χ3n) is 6.81. The molecule has 0 radical (unpaired) electrons. The number of aryl methyl sites for hydroxylation is 1. The number of nitrogens with one attached hydrogen (secondary N) is 1. The van der Waals surface area contributed by atoms with Gasteiger partial charge in [0.1, 0.15) is 17.5 Å². The summed E-state index contributed by atoms with van der Waals surface area (Å²) in [6.45, 7) is 1.78. The summed E-state index contributed by atoms with van der Waals surface area (Å²) in [7, 11) is 0. The summed E-state index contributed by atoms with van der Waals surface area (Å²) in [5.41, 5.74) is 4.03. The summed E-state index contributed by atoms with van der Waals surface area (Å²) in [4.78, 5) is 18.8. The molecule has 5 aromatic rings. The van der Waals surface area contributed by atoms with Crippen molar-refractivity contribution < 1.29 is 14.3 Å². The molecule has 3 aromatic carbocycles. The summed E-state index contributed by atoms with van der Waals surface area (Å²) in [5.74, 6) is 1.19. The Balaban J connectivity index is 1.26. The number of hydrogen-bond donors (Lipinski definition) is 1. The van der Waals surface area contributed by atoms with Gasteiger partial charge >= 0.3 is 6.09 Å². The second kappa shape index (κ2) is 11.0. The van der Waals surface area contributed by atoms with Gasteiger partial charge in [0, 0.05) is 52.3 Å². The van der Waals surface area contributed by atoms with Crippen molar-refractivity contribution in [3.8, 4) is 11.5 Å². The monoisotopic (exact) mass is 561 g/mol. The third-order valence-corrected chi connectivity index (χ3v) is 7.30. The van der Waals surface area contributed by atoms with Gasteiger partial charge in [0.25, 0.3) is 0 Å². The summed E-state index contributed by atoms with van der Waals surface area (Å²) in [6, 6.07) is 20.0. The van der Waals surface area contributed by atoms with E-state index in [0.29, 0.717) is 35.4 Å². The number of rotatable bonds is 7. The maximum Gasteiger partial charge on any atom is 0.416 e. The molecule has 0 saturated heterocycles. The van der Waals surface area contributed by atoms with Crippen LogP contribution in [-0.2, 0) is 13.0 Å². The highest BCUT2D eigenvalue weighted by atomic mass is 35.5. The molecule has 0 spiro atoms. The van der Waals surface area contributed by atoms with Crippen LogP contribution in [0, 0.1) is 0 Å². The molecule has 1 atom stereocenters. The highest BCUT2D eigenvalue weighted by Crippen LogP contribution is 2.40. The van der Waals surface area contributed by atoms with Gasteiger partial charge < -0.3 is 14.5 Å². The lowest BCUT2D eigenvalue weighted by molar-refractivity contribution is 0.135. The number of carbonyl (C=O) groups is 1. The van der Waals surface area contributed by atoms with E-state index in [2.05, 4.69) is 15.3 Å². The number of carbonyl (C=O) groups excluding carboxylic acids is 1. The van der Waals surface area contributed by atoms with Crippen molar-refractivity contribution in [2.75, 3.05) is 13.2 Å². The lowest BCUT2D eigenvalue weighted by Gasteiger charge is -2.35. The standard InChI is InChI=1S/C29H25Cl2N5O3/c30-20-4-9-23(10-5-20)39-29(37)36-15-12-24-25-18-21(31)6-11-26(25)33-27(24)28(36)19-2-7-22(8-3-19)38-17-1-14-35-16-13-32-34-35/h2-11,13,16,18,28,33H,1,12,14-15,17H2/t28-/m0/s1. The van der Waals surface area contributed by atoms with Gasteiger partial charge in [0.2, 0.25) is 0 Å². The van der Waals surface area contributed by atoms with E-state index in [4.69, 9.17) is 32.7 Å². The van der Waals surface area contributed by atoms with E-state index in [9.17, 15) is 4.79 Å². The van der Waals surface area contributed by atoms with Crippen molar-refractivity contribution in [1.29, 1.82) is 0 Å². The van der Waals surface area contributed by atoms with E-state index < -0.39 is 6.09 Å². The van der Waals surface area contributed by atoms with Crippen LogP contribution in [0.3, 0.4) is 0 Å². The Hall–Kier alpha value is -4.01. The number of aromatic nitrogens is 4. The van der Waals surface area contributed by atoms with Crippen molar-refractivity contribution in [1.82, 2.24) is 24.9 Å². The molecule has 3 heterocycles. The molecule has 1 aliphatic rings. The van der Waals surface area contributed by atoms with Crippen LogP contribution in [0.5, 0.6) is 11.5 Å². The minimum Gasteiger partial charge on any atom is -0.494 e. The second-order valence-corrected chi connectivity index (χ2v) is 10.2. The molecule has 198 valence electrons. The Bertz CT molecular complexity index is 1580. The SMILES string of the molecule is O=C(Oc1ccc(Cl)cc1)N1CCc2c([nH]c3ccc(Cl)cc23)[C@@H]1c1ccc(OCCCn2ccnn2)cc1. The van der Waals surface area contributed by atoms with Gasteiger partial charge in [-0.25, -0.2) is 4.79 Å². The number of halogens is 2. The quantitative estimate of drug-likeness (QED) is 0.224. The van der Waals surface area contributed by atoms with Crippen molar-refractivity contribution in [3.05, 3.63) is 106 Å². The molecule has 2 aromatic heterocycles. The highest BCUT2D eigenvalue weighted by Gasteiger charge is 2.35. The Labute approximate surface area is 235 Å². The molecule has 0 bridgehead atoms. The van der Waals surface area contributed by atoms with Gasteiger partial charge in [0.15, 0.2) is 0 Å². The van der Waals surface area contributed by atoms with Crippen LogP contribution in [0.1, 0.15) is 29.3 Å². The molecule has 1 N–H and O–H groups in total. The molecule has 6 rings (SSSR count). The zero-order chi connectivity index (χ0) is 26.8. The molecule has 39 heavy (non-hydrogen) atoms. The van der Waals surface area contributed by atoms with Gasteiger partial charge in [-0.2, -0.15) is 0 Å². The molecule has 0 aliphatic carbocycles. The van der Waals surface area contributed by atoms with Crippen molar-refractivity contribution in [2.45, 2.75) is 25.4 Å². The van der Waals surface area contributed by atoms with E-state index in [-0.39, 0.29) is 6.04 Å². The van der Waals surface area contributed by atoms with Crippen LogP contribution < -0.4 is 9.47 Å². The Morgan fingerprint density at radius 3 is 2.54 bits per heavy atom. The lowest BCUT2D eigenvalue weighted by Crippen LogP contribution is -2.42. The maximum atomic E-state index is 13.5. The molecule has 1 amide bonds. The fraction of sp³-hybridized carbons (Fsp3) is 0.207. The van der Waals surface area contributed by atoms with Gasteiger partial charge in [-0.1, -0.05) is 40.5 Å². The van der Waals surface area contributed by atoms with Crippen LogP contribution in [0.2, 0.25) is 10.0 Å². The van der Waals surface area contributed by atoms with E-state index >= 15 is 0 Å². The van der Waals surface area contributed by atoms with Gasteiger partial charge in [-0.3, -0.25) is 9.58 Å². The third kappa shape index (κ3) is 5.44. The number of benzene rings is 3. The molecule has 0 saturated carbocycles. The fourth-order valence-corrected chi connectivity index (χ4v) is 5.28. The Morgan fingerprint density at radius 2 is 1.77 bits per heavy atom. The first-order valence-corrected chi connectivity index (χ1v) is 13.4. The maximum absolute atomic E-state index is 13.5. The smallest absolute Gasteiger partial charge is 0.416 e. The topological polar surface area (TPSA) is 85.3 Å². The van der Waals surface area contributed by atoms with E-state index in [0.717, 1.165) is 46.4 Å². The molecule has 1 aliphatic heterocycles. The summed E-state index contributed by atoms with van der Waals surface area (Å²) in [6.07, 6.45) is 4.54. The number of aromatic amines is 1. The number of H-pyrrole nitrogens is 1. The average molecular weight is 562 g/mol. The van der Waals surface area contributed by atoms with Crippen LogP contribution in [0.25, 0.3) is 10.9 Å². The minimum absolute atomic E-state index is 0.374. The fourth-order valence-electron chi connectivity index (χ4n) is 4.98. The zero-order valence-corrected chi connectivity index (χ0v) is 22.4. The molecule has 8 nitrogen and oxygen atoms in total. The zero-order valence-electron chi connectivity index (χ0n) is 20.9. The van der Waals surface area contributed by atoms with E-state index in [1.807, 2.05) is 48.7 Å². The van der Waals surface area contributed by atoms with Crippen molar-refractivity contribution in [2.24, 2.45) is 0 Å². The summed E-state index contributed by atoms with van der Waals surface area (Å²) < 4.78 is 13.5. The predicted octanol–water partition coefficient (Wildman–Crippen LogP) is 6.68.